The summed E-state index contributed by atoms with van der Waals surface area (Å²) in [5, 5.41) is 9.08. The van der Waals surface area contributed by atoms with Crippen LogP contribution in [0.4, 0.5) is 5.69 Å². The Hall–Kier alpha value is -2.12. The summed E-state index contributed by atoms with van der Waals surface area (Å²) >= 11 is 0. The maximum atomic E-state index is 12.9. The molecule has 0 saturated heterocycles. The second kappa shape index (κ2) is 7.19. The van der Waals surface area contributed by atoms with Gasteiger partial charge in [-0.05, 0) is 12.1 Å². The maximum Gasteiger partial charge on any atom is 0.243 e. The van der Waals surface area contributed by atoms with Gasteiger partial charge in [-0.2, -0.15) is 0 Å². The second-order valence-electron chi connectivity index (χ2n) is 5.73. The van der Waals surface area contributed by atoms with Crippen LogP contribution < -0.4 is 4.90 Å². The van der Waals surface area contributed by atoms with Gasteiger partial charge >= 0.3 is 0 Å². The number of sulfonamides is 1. The Bertz CT molecular complexity index is 847. The van der Waals surface area contributed by atoms with Crippen molar-refractivity contribution >= 4 is 32.4 Å². The van der Waals surface area contributed by atoms with Gasteiger partial charge in [0.2, 0.25) is 10.0 Å². The third-order valence-corrected chi connectivity index (χ3v) is 5.84. The first kappa shape index (κ1) is 18.2. The smallest absolute Gasteiger partial charge is 0.243 e. The van der Waals surface area contributed by atoms with Crippen molar-refractivity contribution in [3.05, 3.63) is 36.4 Å². The highest BCUT2D eigenvalue weighted by Crippen LogP contribution is 2.31. The van der Waals surface area contributed by atoms with Crippen LogP contribution in [0.1, 0.15) is 6.42 Å². The number of ether oxygens (including phenoxy) is 1. The number of nitrogens with zero attached hydrogens (tertiary/aromatic N) is 2. The molecular weight excluding hydrogens is 326 g/mol. The summed E-state index contributed by atoms with van der Waals surface area (Å²) in [6, 6.07) is 10.9. The van der Waals surface area contributed by atoms with E-state index < -0.39 is 10.0 Å². The van der Waals surface area contributed by atoms with Gasteiger partial charge in [0.25, 0.3) is 0 Å². The lowest BCUT2D eigenvalue weighted by Crippen LogP contribution is -2.29. The second-order valence-corrected chi connectivity index (χ2v) is 7.74. The van der Waals surface area contributed by atoms with Gasteiger partial charge in [-0.25, -0.2) is 12.7 Å². The monoisotopic (exact) mass is 349 g/mol. The molecule has 7 heteroatoms. The molecule has 2 aromatic rings. The van der Waals surface area contributed by atoms with Gasteiger partial charge in [0, 0.05) is 50.6 Å². The Balaban J connectivity index is 2.47. The third-order valence-electron chi connectivity index (χ3n) is 3.93. The molecule has 0 bridgehead atoms. The molecule has 0 aromatic heterocycles. The van der Waals surface area contributed by atoms with Gasteiger partial charge in [0.05, 0.1) is 12.0 Å². The fourth-order valence-corrected chi connectivity index (χ4v) is 3.90. The molecule has 0 aliphatic carbocycles. The summed E-state index contributed by atoms with van der Waals surface area (Å²) < 4.78 is 31.9. The lowest BCUT2D eigenvalue weighted by molar-refractivity contribution is 0.376. The van der Waals surface area contributed by atoms with Crippen LogP contribution in [0.3, 0.4) is 0 Å². The molecule has 0 amide bonds. The van der Waals surface area contributed by atoms with Crippen LogP contribution in [0.5, 0.6) is 0 Å². The first-order valence-corrected chi connectivity index (χ1v) is 9.00. The van der Waals surface area contributed by atoms with Crippen LogP contribution in [0.2, 0.25) is 0 Å². The van der Waals surface area contributed by atoms with Crippen LogP contribution in [0, 0.1) is 5.41 Å². The Morgan fingerprint density at radius 3 is 2.33 bits per heavy atom. The fourth-order valence-electron chi connectivity index (χ4n) is 2.53. The molecule has 0 heterocycles. The topological polar surface area (TPSA) is 73.7 Å². The normalized spacial score (nSPS) is 11.7. The number of hydrogen-bond acceptors (Lipinski definition) is 5. The van der Waals surface area contributed by atoms with Crippen LogP contribution >= 0.6 is 0 Å². The van der Waals surface area contributed by atoms with E-state index in [4.69, 9.17) is 10.1 Å². The Morgan fingerprint density at radius 2 is 1.71 bits per heavy atom. The zero-order valence-electron chi connectivity index (χ0n) is 14.4. The summed E-state index contributed by atoms with van der Waals surface area (Å²) in [6.45, 7) is 0.193. The molecular formula is C17H23N3O3S. The standard InChI is InChI=1S/C17H23N3O3S/c1-19(2)15-9-5-8-14-13(15)7-6-10-16(14)24(21,22)20(3)12-11-17(18)23-4/h5-10,18H,11-12H2,1-4H3. The molecule has 1 N–H and O–H groups in total. The zero-order valence-corrected chi connectivity index (χ0v) is 15.2. The zero-order chi connectivity index (χ0) is 17.9. The molecule has 0 unspecified atom stereocenters. The third kappa shape index (κ3) is 3.52. The van der Waals surface area contributed by atoms with Gasteiger partial charge in [0.15, 0.2) is 5.90 Å². The maximum absolute atomic E-state index is 12.9. The number of anilines is 1. The summed E-state index contributed by atoms with van der Waals surface area (Å²) in [5.74, 6) is 0.0601. The molecule has 2 rings (SSSR count). The van der Waals surface area contributed by atoms with Gasteiger partial charge in [-0.1, -0.05) is 24.3 Å². The van der Waals surface area contributed by atoms with E-state index in [1.165, 1.54) is 18.5 Å². The van der Waals surface area contributed by atoms with Crippen molar-refractivity contribution in [2.45, 2.75) is 11.3 Å². The van der Waals surface area contributed by atoms with E-state index in [2.05, 4.69) is 0 Å². The minimum Gasteiger partial charge on any atom is -0.484 e. The van der Waals surface area contributed by atoms with Crippen molar-refractivity contribution in [1.82, 2.24) is 4.31 Å². The van der Waals surface area contributed by atoms with Gasteiger partial charge in [-0.3, -0.25) is 5.41 Å². The summed E-state index contributed by atoms with van der Waals surface area (Å²) in [7, 11) is 3.14. The van der Waals surface area contributed by atoms with Crippen molar-refractivity contribution in [3.63, 3.8) is 0 Å². The first-order valence-electron chi connectivity index (χ1n) is 7.56. The van der Waals surface area contributed by atoms with E-state index in [0.717, 1.165) is 11.1 Å². The molecule has 0 radical (unpaired) electrons. The van der Waals surface area contributed by atoms with E-state index in [1.54, 1.807) is 12.1 Å². The molecule has 2 aromatic carbocycles. The number of rotatable bonds is 6. The SMILES string of the molecule is COC(=N)CCN(C)S(=O)(=O)c1cccc2c(N(C)C)cccc12. The fraction of sp³-hybridized carbons (Fsp3) is 0.353. The van der Waals surface area contributed by atoms with Crippen LogP contribution in [-0.2, 0) is 14.8 Å². The van der Waals surface area contributed by atoms with E-state index in [9.17, 15) is 8.42 Å². The molecule has 6 nitrogen and oxygen atoms in total. The number of benzene rings is 2. The largest absolute Gasteiger partial charge is 0.484 e. The number of methoxy groups -OCH3 is 1. The molecule has 0 saturated carbocycles. The molecule has 0 fully saturated rings. The van der Waals surface area contributed by atoms with Crippen LogP contribution in [-0.4, -0.2) is 53.4 Å². The number of nitrogens with one attached hydrogen (secondary N) is 1. The molecule has 0 atom stereocenters. The van der Waals surface area contributed by atoms with Crippen LogP contribution in [0.25, 0.3) is 10.8 Å². The van der Waals surface area contributed by atoms with E-state index >= 15 is 0 Å². The summed E-state index contributed by atoms with van der Waals surface area (Å²) in [4.78, 5) is 2.23. The minimum absolute atomic E-state index is 0.0601. The van der Waals surface area contributed by atoms with Crippen LogP contribution in [0.15, 0.2) is 41.3 Å². The summed E-state index contributed by atoms with van der Waals surface area (Å²) in [5.41, 5.74) is 0.966. The minimum atomic E-state index is -3.65. The molecule has 130 valence electrons. The number of hydrogen-bond donors (Lipinski definition) is 1. The predicted octanol–water partition coefficient (Wildman–Crippen LogP) is 2.54. The van der Waals surface area contributed by atoms with Crippen molar-refractivity contribution in [3.8, 4) is 0 Å². The molecule has 0 spiro atoms. The van der Waals surface area contributed by atoms with Crippen molar-refractivity contribution in [2.24, 2.45) is 0 Å². The average molecular weight is 349 g/mol. The Kier molecular flexibility index (Phi) is 5.46. The molecule has 0 aliphatic rings. The highest BCUT2D eigenvalue weighted by atomic mass is 32.2. The number of fused-ring (bicyclic) bond motifs is 1. The Morgan fingerprint density at radius 1 is 1.08 bits per heavy atom. The van der Waals surface area contributed by atoms with E-state index in [1.807, 2.05) is 43.3 Å². The Labute approximate surface area is 143 Å². The van der Waals surface area contributed by atoms with Gasteiger partial charge in [0.1, 0.15) is 0 Å². The van der Waals surface area contributed by atoms with Crippen molar-refractivity contribution in [1.29, 1.82) is 5.41 Å². The van der Waals surface area contributed by atoms with Crippen molar-refractivity contribution < 1.29 is 13.2 Å². The predicted molar refractivity (Wildman–Crippen MR) is 97.4 cm³/mol. The quantitative estimate of drug-likeness (QED) is 0.642. The highest BCUT2D eigenvalue weighted by Gasteiger charge is 2.23. The summed E-state index contributed by atoms with van der Waals surface area (Å²) in [6.07, 6.45) is 0.236. The van der Waals surface area contributed by atoms with Crippen molar-refractivity contribution in [2.75, 3.05) is 39.7 Å². The lowest BCUT2D eigenvalue weighted by Gasteiger charge is -2.20. The van der Waals surface area contributed by atoms with E-state index in [0.29, 0.717) is 5.39 Å². The first-order chi connectivity index (χ1) is 11.3. The lowest BCUT2D eigenvalue weighted by atomic mass is 10.1. The highest BCUT2D eigenvalue weighted by molar-refractivity contribution is 7.89. The average Bonchev–Trinajstić information content (AvgIpc) is 2.57. The van der Waals surface area contributed by atoms with Gasteiger partial charge in [-0.15, -0.1) is 0 Å². The van der Waals surface area contributed by atoms with E-state index in [-0.39, 0.29) is 23.8 Å². The molecule has 24 heavy (non-hydrogen) atoms. The van der Waals surface area contributed by atoms with Gasteiger partial charge < -0.3 is 9.64 Å². The molecule has 0 aliphatic heterocycles.